The summed E-state index contributed by atoms with van der Waals surface area (Å²) in [4.78, 5) is 9.79. The summed E-state index contributed by atoms with van der Waals surface area (Å²) in [7, 11) is 0. The van der Waals surface area contributed by atoms with Crippen LogP contribution in [-0.4, -0.2) is 0 Å². The first-order valence-corrected chi connectivity index (χ1v) is 7.85. The molecule has 3 aromatic carbocycles. The Morgan fingerprint density at radius 1 is 0.600 bits per heavy atom. The van der Waals surface area contributed by atoms with Crippen LogP contribution in [0.25, 0.3) is 0 Å². The molecule has 0 saturated carbocycles. The Kier molecular flexibility index (Phi) is 3.15. The summed E-state index contributed by atoms with van der Waals surface area (Å²) in [6.45, 7) is 0. The van der Waals surface area contributed by atoms with Crippen molar-refractivity contribution in [3.8, 4) is 0 Å². The molecule has 25 heavy (non-hydrogen) atoms. The molecule has 4 rings (SSSR count). The fraction of sp³-hybridized carbons (Fsp3) is 0.0526. The van der Waals surface area contributed by atoms with Crippen molar-refractivity contribution in [3.63, 3.8) is 0 Å². The maximum Gasteiger partial charge on any atom is 0.202 e. The molecule has 6 heteroatoms. The highest BCUT2D eigenvalue weighted by atomic mass is 15.1. The Morgan fingerprint density at radius 3 is 1.64 bits per heavy atom. The highest BCUT2D eigenvalue weighted by molar-refractivity contribution is 5.62. The molecule has 124 valence electrons. The Bertz CT molecular complexity index is 1020. The molecule has 0 saturated heterocycles. The van der Waals surface area contributed by atoms with Gasteiger partial charge in [-0.25, -0.2) is 9.98 Å². The summed E-state index contributed by atoms with van der Waals surface area (Å²) in [6, 6.07) is 18.6. The van der Waals surface area contributed by atoms with Gasteiger partial charge in [-0.2, -0.15) is 0 Å². The van der Waals surface area contributed by atoms with Crippen molar-refractivity contribution in [1.29, 1.82) is 0 Å². The number of nitrogen functional groups attached to an aromatic ring is 4. The fourth-order valence-corrected chi connectivity index (χ4v) is 3.04. The van der Waals surface area contributed by atoms with E-state index in [9.17, 15) is 0 Å². The van der Waals surface area contributed by atoms with Gasteiger partial charge in [-0.15, -0.1) is 0 Å². The minimum atomic E-state index is -0.939. The first kappa shape index (κ1) is 15.0. The van der Waals surface area contributed by atoms with E-state index >= 15 is 0 Å². The molecule has 0 bridgehead atoms. The van der Waals surface area contributed by atoms with Crippen LogP contribution in [0.3, 0.4) is 0 Å². The number of hydrogen-bond donors (Lipinski definition) is 4. The van der Waals surface area contributed by atoms with Crippen LogP contribution in [0.4, 0.5) is 22.7 Å². The summed E-state index contributed by atoms with van der Waals surface area (Å²) in [5.41, 5.74) is 26.9. The van der Waals surface area contributed by atoms with E-state index in [1.165, 1.54) is 0 Å². The number of anilines is 4. The minimum absolute atomic E-state index is 0.439. The molecule has 8 N–H and O–H groups in total. The molecule has 0 amide bonds. The van der Waals surface area contributed by atoms with E-state index in [0.717, 1.165) is 11.1 Å². The van der Waals surface area contributed by atoms with Gasteiger partial charge in [-0.05, 0) is 36.4 Å². The van der Waals surface area contributed by atoms with Gasteiger partial charge in [0.25, 0.3) is 0 Å². The zero-order valence-corrected chi connectivity index (χ0v) is 13.5. The van der Waals surface area contributed by atoms with E-state index in [1.54, 1.807) is 6.07 Å². The number of nitrogens with zero attached hydrogens (tertiary/aromatic N) is 2. The van der Waals surface area contributed by atoms with E-state index in [0.29, 0.717) is 33.5 Å². The predicted molar refractivity (Wildman–Crippen MR) is 100 cm³/mol. The SMILES string of the molecule is Nc1ccc(C2(c3ccc(N)cc3)N=c3ccc(N)c(N)c3=N2)cc1. The van der Waals surface area contributed by atoms with Crippen LogP contribution >= 0.6 is 0 Å². The van der Waals surface area contributed by atoms with E-state index in [2.05, 4.69) is 0 Å². The first-order chi connectivity index (χ1) is 12.0. The van der Waals surface area contributed by atoms with Crippen LogP contribution in [0.15, 0.2) is 70.6 Å². The molecule has 0 aromatic heterocycles. The van der Waals surface area contributed by atoms with E-state index < -0.39 is 5.66 Å². The van der Waals surface area contributed by atoms with Crippen LogP contribution in [0.5, 0.6) is 0 Å². The fourth-order valence-electron chi connectivity index (χ4n) is 3.04. The molecule has 3 aromatic rings. The molecule has 1 heterocycles. The number of nitrogens with two attached hydrogens (primary N) is 4. The quantitative estimate of drug-likeness (QED) is 0.526. The first-order valence-electron chi connectivity index (χ1n) is 7.85. The average molecular weight is 330 g/mol. The van der Waals surface area contributed by atoms with Gasteiger partial charge in [-0.3, -0.25) is 0 Å². The second-order valence-corrected chi connectivity index (χ2v) is 6.08. The van der Waals surface area contributed by atoms with Crippen molar-refractivity contribution in [1.82, 2.24) is 0 Å². The van der Waals surface area contributed by atoms with Crippen molar-refractivity contribution in [3.05, 3.63) is 82.5 Å². The van der Waals surface area contributed by atoms with Crippen LogP contribution < -0.4 is 33.6 Å². The van der Waals surface area contributed by atoms with Crippen LogP contribution in [0.1, 0.15) is 11.1 Å². The van der Waals surface area contributed by atoms with Gasteiger partial charge in [0.05, 0.1) is 16.7 Å². The van der Waals surface area contributed by atoms with Crippen molar-refractivity contribution < 1.29 is 0 Å². The molecular formula is C19H18N6. The van der Waals surface area contributed by atoms with Gasteiger partial charge in [0, 0.05) is 22.5 Å². The van der Waals surface area contributed by atoms with E-state index in [4.69, 9.17) is 32.9 Å². The second-order valence-electron chi connectivity index (χ2n) is 6.08. The Labute approximate surface area is 144 Å². The minimum Gasteiger partial charge on any atom is -0.399 e. The highest BCUT2D eigenvalue weighted by Gasteiger charge is 2.36. The van der Waals surface area contributed by atoms with Crippen molar-refractivity contribution >= 4 is 22.7 Å². The van der Waals surface area contributed by atoms with Crippen molar-refractivity contribution in [2.75, 3.05) is 22.9 Å². The summed E-state index contributed by atoms with van der Waals surface area (Å²) in [6.07, 6.45) is 0. The highest BCUT2D eigenvalue weighted by Crippen LogP contribution is 2.37. The lowest BCUT2D eigenvalue weighted by Gasteiger charge is -2.24. The molecular weight excluding hydrogens is 312 g/mol. The second kappa shape index (κ2) is 5.24. The third-order valence-corrected chi connectivity index (χ3v) is 4.41. The topological polar surface area (TPSA) is 129 Å². The van der Waals surface area contributed by atoms with Crippen molar-refractivity contribution in [2.45, 2.75) is 5.66 Å². The summed E-state index contributed by atoms with van der Waals surface area (Å²) < 4.78 is 0. The molecule has 6 nitrogen and oxygen atoms in total. The summed E-state index contributed by atoms with van der Waals surface area (Å²) in [5.74, 6) is 0. The number of rotatable bonds is 2. The zero-order valence-electron chi connectivity index (χ0n) is 13.5. The smallest absolute Gasteiger partial charge is 0.202 e. The van der Waals surface area contributed by atoms with Crippen LogP contribution in [-0.2, 0) is 5.66 Å². The van der Waals surface area contributed by atoms with Gasteiger partial charge < -0.3 is 22.9 Å². The lowest BCUT2D eigenvalue weighted by molar-refractivity contribution is 0.570. The standard InChI is InChI=1S/C19H18N6/c20-13-5-1-11(2-6-13)19(12-3-7-14(21)8-4-12)24-16-10-9-15(22)17(23)18(16)25-19/h1-10H,20-23H2. The Morgan fingerprint density at radius 2 is 1.12 bits per heavy atom. The lowest BCUT2D eigenvalue weighted by Crippen LogP contribution is -2.26. The van der Waals surface area contributed by atoms with E-state index in [-0.39, 0.29) is 0 Å². The molecule has 0 spiro atoms. The molecule has 0 fully saturated rings. The van der Waals surface area contributed by atoms with Gasteiger partial charge in [0.1, 0.15) is 5.36 Å². The van der Waals surface area contributed by atoms with Gasteiger partial charge in [-0.1, -0.05) is 24.3 Å². The van der Waals surface area contributed by atoms with Crippen LogP contribution in [0.2, 0.25) is 0 Å². The maximum atomic E-state index is 6.14. The molecule has 0 unspecified atom stereocenters. The lowest BCUT2D eigenvalue weighted by atomic mass is 9.92. The third-order valence-electron chi connectivity index (χ3n) is 4.41. The monoisotopic (exact) mass is 330 g/mol. The average Bonchev–Trinajstić information content (AvgIpc) is 3.01. The molecule has 0 aliphatic carbocycles. The summed E-state index contributed by atoms with van der Waals surface area (Å²) >= 11 is 0. The molecule has 1 aliphatic rings. The normalized spacial score (nSPS) is 14.4. The number of fused-ring (bicyclic) bond motifs is 1. The van der Waals surface area contributed by atoms with Gasteiger partial charge >= 0.3 is 0 Å². The molecule has 1 aliphatic heterocycles. The maximum absolute atomic E-state index is 6.14. The van der Waals surface area contributed by atoms with Gasteiger partial charge in [0.15, 0.2) is 0 Å². The van der Waals surface area contributed by atoms with Gasteiger partial charge in [0.2, 0.25) is 5.66 Å². The molecule has 0 atom stereocenters. The number of hydrogen-bond acceptors (Lipinski definition) is 6. The number of benzene rings is 3. The largest absolute Gasteiger partial charge is 0.399 e. The third kappa shape index (κ3) is 2.27. The Balaban J connectivity index is 2.05. The molecule has 0 radical (unpaired) electrons. The summed E-state index contributed by atoms with van der Waals surface area (Å²) in [5, 5.41) is 1.31. The van der Waals surface area contributed by atoms with Crippen molar-refractivity contribution in [2.24, 2.45) is 9.98 Å². The predicted octanol–water partition coefficient (Wildman–Crippen LogP) is 1.17. The Hall–Kier alpha value is -3.54. The zero-order chi connectivity index (χ0) is 17.6. The van der Waals surface area contributed by atoms with E-state index in [1.807, 2.05) is 54.6 Å². The van der Waals surface area contributed by atoms with Crippen LogP contribution in [0, 0.1) is 0 Å².